The fourth-order valence-electron chi connectivity index (χ4n) is 1.97. The fourth-order valence-corrected chi connectivity index (χ4v) is 3.08. The Balaban J connectivity index is 2.12. The minimum Gasteiger partial charge on any atom is -0.493 e. The number of halogens is 1. The van der Waals surface area contributed by atoms with Crippen LogP contribution in [0.15, 0.2) is 22.3 Å². The first-order valence-corrected chi connectivity index (χ1v) is 8.51. The number of benzene rings is 1. The summed E-state index contributed by atoms with van der Waals surface area (Å²) in [4.78, 5) is 22.3. The molecule has 2 rings (SSSR count). The van der Waals surface area contributed by atoms with Gasteiger partial charge in [-0.15, -0.1) is 5.10 Å². The predicted octanol–water partition coefficient (Wildman–Crippen LogP) is 2.14. The lowest BCUT2D eigenvalue weighted by Crippen LogP contribution is -2.26. The summed E-state index contributed by atoms with van der Waals surface area (Å²) in [5.74, 6) is -0.424. The minimum absolute atomic E-state index is 0.238. The largest absolute Gasteiger partial charge is 0.493 e. The van der Waals surface area contributed by atoms with Crippen LogP contribution in [-0.2, 0) is 9.59 Å². The number of nitrogens with one attached hydrogen (secondary N) is 1. The highest BCUT2D eigenvalue weighted by Crippen LogP contribution is 2.32. The lowest BCUT2D eigenvalue weighted by molar-refractivity contribution is -0.138. The van der Waals surface area contributed by atoms with Gasteiger partial charge in [0.2, 0.25) is 5.91 Å². The number of hydrogen-bond acceptors (Lipinski definition) is 7. The van der Waals surface area contributed by atoms with Gasteiger partial charge in [-0.3, -0.25) is 9.59 Å². The molecule has 25 heavy (non-hydrogen) atoms. The molecule has 0 saturated carbocycles. The Kier molecular flexibility index (Phi) is 6.65. The van der Waals surface area contributed by atoms with E-state index in [2.05, 4.69) is 15.5 Å². The van der Waals surface area contributed by atoms with Gasteiger partial charge < -0.3 is 19.9 Å². The number of rotatable bonds is 7. The first-order valence-electron chi connectivity index (χ1n) is 7.25. The van der Waals surface area contributed by atoms with Crippen molar-refractivity contribution in [1.82, 2.24) is 5.32 Å². The smallest absolute Gasteiger partial charge is 0.305 e. The molecule has 0 aromatic heterocycles. The highest BCUT2D eigenvalue weighted by molar-refractivity contribution is 8.15. The standard InChI is InChI=1S/C15H16ClN3O5S/c1-3-24-11-5-9(16)8(4-10(11)23-2)7-17-19-15-18-14(22)12(25-15)6-13(20)21/h4-5,7,12H,3,6H2,1-2H3,(H,20,21)(H,18,19,22). The number of thioether (sulfide) groups is 1. The Morgan fingerprint density at radius 3 is 2.88 bits per heavy atom. The number of ether oxygens (including phenoxy) is 2. The molecule has 1 fully saturated rings. The lowest BCUT2D eigenvalue weighted by atomic mass is 10.2. The van der Waals surface area contributed by atoms with Crippen LogP contribution in [0.25, 0.3) is 0 Å². The predicted molar refractivity (Wildman–Crippen MR) is 96.0 cm³/mol. The van der Waals surface area contributed by atoms with Crippen LogP contribution in [0.5, 0.6) is 11.5 Å². The van der Waals surface area contributed by atoms with Gasteiger partial charge in [0, 0.05) is 11.6 Å². The van der Waals surface area contributed by atoms with Gasteiger partial charge in [0.1, 0.15) is 5.25 Å². The van der Waals surface area contributed by atoms with Crippen LogP contribution < -0.4 is 14.8 Å². The molecule has 8 nitrogen and oxygen atoms in total. The van der Waals surface area contributed by atoms with E-state index in [1.165, 1.54) is 13.3 Å². The van der Waals surface area contributed by atoms with E-state index in [9.17, 15) is 9.59 Å². The molecule has 1 atom stereocenters. The van der Waals surface area contributed by atoms with Gasteiger partial charge in [-0.05, 0) is 13.0 Å². The van der Waals surface area contributed by atoms with Crippen molar-refractivity contribution in [2.24, 2.45) is 10.2 Å². The summed E-state index contributed by atoms with van der Waals surface area (Å²) < 4.78 is 10.7. The molecule has 1 saturated heterocycles. The summed E-state index contributed by atoms with van der Waals surface area (Å²) in [6.45, 7) is 2.33. The number of carbonyl (C=O) groups excluding carboxylic acids is 1. The third kappa shape index (κ3) is 5.10. The number of carbonyl (C=O) groups is 2. The van der Waals surface area contributed by atoms with E-state index < -0.39 is 17.1 Å². The molecule has 10 heteroatoms. The second kappa shape index (κ2) is 8.72. The highest BCUT2D eigenvalue weighted by atomic mass is 35.5. The van der Waals surface area contributed by atoms with Gasteiger partial charge in [-0.1, -0.05) is 23.4 Å². The van der Waals surface area contributed by atoms with Gasteiger partial charge >= 0.3 is 5.97 Å². The summed E-state index contributed by atoms with van der Waals surface area (Å²) in [7, 11) is 1.51. The maximum atomic E-state index is 11.6. The molecule has 1 unspecified atom stereocenters. The summed E-state index contributed by atoms with van der Waals surface area (Å²) in [5.41, 5.74) is 0.558. The van der Waals surface area contributed by atoms with Crippen LogP contribution in [0.1, 0.15) is 18.9 Å². The van der Waals surface area contributed by atoms with Gasteiger partial charge in [-0.25, -0.2) is 0 Å². The molecule has 1 aliphatic heterocycles. The van der Waals surface area contributed by atoms with Crippen LogP contribution in [0.3, 0.4) is 0 Å². The van der Waals surface area contributed by atoms with Gasteiger partial charge in [0.05, 0.1) is 31.4 Å². The molecule has 0 radical (unpaired) electrons. The number of aliphatic carboxylic acids is 1. The second-order valence-corrected chi connectivity index (χ2v) is 6.40. The normalized spacial score (nSPS) is 18.6. The van der Waals surface area contributed by atoms with Gasteiger partial charge in [0.15, 0.2) is 16.7 Å². The van der Waals surface area contributed by atoms with Crippen LogP contribution in [0, 0.1) is 0 Å². The summed E-state index contributed by atoms with van der Waals surface area (Å²) in [6.07, 6.45) is 1.13. The van der Waals surface area contributed by atoms with Crippen molar-refractivity contribution in [3.63, 3.8) is 0 Å². The molecule has 0 aliphatic carbocycles. The first-order chi connectivity index (χ1) is 11.9. The van der Waals surface area contributed by atoms with Crippen molar-refractivity contribution < 1.29 is 24.2 Å². The third-order valence-corrected chi connectivity index (χ3v) is 4.46. The molecular formula is C15H16ClN3O5S. The lowest BCUT2D eigenvalue weighted by Gasteiger charge is -2.10. The minimum atomic E-state index is -1.05. The third-order valence-electron chi connectivity index (χ3n) is 3.06. The van der Waals surface area contributed by atoms with Crippen LogP contribution >= 0.6 is 23.4 Å². The number of amidine groups is 1. The maximum absolute atomic E-state index is 11.6. The first kappa shape index (κ1) is 19.1. The molecule has 1 aromatic rings. The van der Waals surface area contributed by atoms with Crippen molar-refractivity contribution in [2.45, 2.75) is 18.6 Å². The van der Waals surface area contributed by atoms with Crippen LogP contribution in [0.4, 0.5) is 0 Å². The quantitative estimate of drug-likeness (QED) is 0.549. The van der Waals surface area contributed by atoms with E-state index >= 15 is 0 Å². The van der Waals surface area contributed by atoms with Crippen molar-refractivity contribution in [1.29, 1.82) is 0 Å². The zero-order valence-corrected chi connectivity index (χ0v) is 15.1. The van der Waals surface area contributed by atoms with E-state index in [0.717, 1.165) is 11.8 Å². The molecule has 0 spiro atoms. The number of methoxy groups -OCH3 is 1. The zero-order chi connectivity index (χ0) is 18.4. The Morgan fingerprint density at radius 1 is 1.48 bits per heavy atom. The highest BCUT2D eigenvalue weighted by Gasteiger charge is 2.32. The van der Waals surface area contributed by atoms with E-state index in [0.29, 0.717) is 28.7 Å². The number of amides is 1. The Hall–Kier alpha value is -2.26. The maximum Gasteiger partial charge on any atom is 0.305 e. The zero-order valence-electron chi connectivity index (χ0n) is 13.5. The Labute approximate surface area is 153 Å². The number of hydrogen-bond donors (Lipinski definition) is 2. The van der Waals surface area contributed by atoms with Crippen LogP contribution in [-0.4, -0.2) is 47.3 Å². The molecule has 1 aromatic carbocycles. The number of nitrogens with zero attached hydrogens (tertiary/aromatic N) is 2. The summed E-state index contributed by atoms with van der Waals surface area (Å²) in [5, 5.41) is 18.9. The summed E-state index contributed by atoms with van der Waals surface area (Å²) >= 11 is 7.20. The van der Waals surface area contributed by atoms with Crippen LogP contribution in [0.2, 0.25) is 5.02 Å². The summed E-state index contributed by atoms with van der Waals surface area (Å²) in [6, 6.07) is 3.28. The molecule has 0 bridgehead atoms. The molecule has 134 valence electrons. The average molecular weight is 386 g/mol. The monoisotopic (exact) mass is 385 g/mol. The molecule has 2 N–H and O–H groups in total. The van der Waals surface area contributed by atoms with Crippen molar-refractivity contribution in [3.8, 4) is 11.5 Å². The average Bonchev–Trinajstić information content (AvgIpc) is 2.89. The van der Waals surface area contributed by atoms with E-state index in [4.69, 9.17) is 26.2 Å². The molecule has 1 amide bonds. The van der Waals surface area contributed by atoms with Crippen molar-refractivity contribution in [2.75, 3.05) is 13.7 Å². The SMILES string of the molecule is CCOc1cc(Cl)c(C=NN=C2NC(=O)C(CC(=O)O)S2)cc1OC. The molecule has 1 aliphatic rings. The fraction of sp³-hybridized carbons (Fsp3) is 0.333. The van der Waals surface area contributed by atoms with E-state index in [-0.39, 0.29) is 11.6 Å². The number of carboxylic acid groups (broad SMARTS) is 1. The van der Waals surface area contributed by atoms with E-state index in [1.54, 1.807) is 12.1 Å². The molecular weight excluding hydrogens is 370 g/mol. The topological polar surface area (TPSA) is 110 Å². The number of carboxylic acids is 1. The van der Waals surface area contributed by atoms with Gasteiger partial charge in [-0.2, -0.15) is 5.10 Å². The second-order valence-electron chi connectivity index (χ2n) is 4.80. The van der Waals surface area contributed by atoms with Crippen molar-refractivity contribution >= 4 is 46.6 Å². The van der Waals surface area contributed by atoms with E-state index in [1.807, 2.05) is 6.92 Å². The van der Waals surface area contributed by atoms with Gasteiger partial charge in [0.25, 0.3) is 0 Å². The molecule has 1 heterocycles. The Morgan fingerprint density at radius 2 is 2.24 bits per heavy atom. The Bertz CT molecular complexity index is 738. The van der Waals surface area contributed by atoms with Crippen molar-refractivity contribution in [3.05, 3.63) is 22.7 Å².